The number of aliphatic hydroxyl groups excluding tert-OH is 1. The van der Waals surface area contributed by atoms with Gasteiger partial charge in [-0.05, 0) is 46.7 Å². The number of cyclic esters (lactones) is 1. The molecule has 1 fully saturated rings. The van der Waals surface area contributed by atoms with Crippen molar-refractivity contribution in [2.75, 3.05) is 25.2 Å². The van der Waals surface area contributed by atoms with E-state index in [1.807, 2.05) is 91.9 Å². The molecule has 248 valence electrons. The fourth-order valence-corrected chi connectivity index (χ4v) is 8.30. The number of benzene rings is 3. The molecule has 1 aliphatic rings. The van der Waals surface area contributed by atoms with Crippen molar-refractivity contribution in [2.45, 2.75) is 69.3 Å². The Labute approximate surface area is 281 Å². The molecule has 8 nitrogen and oxygen atoms in total. The number of nitrogens with zero attached hydrogens (tertiary/aromatic N) is 1. The van der Waals surface area contributed by atoms with Crippen LogP contribution in [-0.4, -0.2) is 76.2 Å². The lowest BCUT2D eigenvalue weighted by Gasteiger charge is -2.37. The number of hydrogen-bond donors (Lipinski definition) is 1. The van der Waals surface area contributed by atoms with Gasteiger partial charge < -0.3 is 24.1 Å². The van der Waals surface area contributed by atoms with Crippen LogP contribution < -0.4 is 4.74 Å². The number of carbonyl (C=O) groups is 2. The van der Waals surface area contributed by atoms with Gasteiger partial charge in [-0.2, -0.15) is 0 Å². The summed E-state index contributed by atoms with van der Waals surface area (Å²) in [5, 5.41) is 12.0. The summed E-state index contributed by atoms with van der Waals surface area (Å²) in [6.45, 7) is 6.56. The first-order valence-electron chi connectivity index (χ1n) is 15.7. The summed E-state index contributed by atoms with van der Waals surface area (Å²) in [7, 11) is 1.59. The number of ether oxygens (including phenoxy) is 4. The zero-order valence-electron chi connectivity index (χ0n) is 27.0. The second-order valence-corrected chi connectivity index (χ2v) is 14.2. The van der Waals surface area contributed by atoms with Gasteiger partial charge in [-0.15, -0.1) is 23.5 Å². The number of rotatable bonds is 18. The Bertz CT molecular complexity index is 1340. The lowest BCUT2D eigenvalue weighted by Crippen LogP contribution is -2.54. The Hall–Kier alpha value is -3.02. The summed E-state index contributed by atoms with van der Waals surface area (Å²) in [6.07, 6.45) is -3.35. The van der Waals surface area contributed by atoms with Gasteiger partial charge in [0.05, 0.1) is 43.2 Å². The Morgan fingerprint density at radius 2 is 1.46 bits per heavy atom. The van der Waals surface area contributed by atoms with Crippen LogP contribution in [0.3, 0.4) is 0 Å². The summed E-state index contributed by atoms with van der Waals surface area (Å²) < 4.78 is 23.5. The van der Waals surface area contributed by atoms with Gasteiger partial charge in [-0.1, -0.05) is 93.6 Å². The van der Waals surface area contributed by atoms with Crippen molar-refractivity contribution >= 4 is 35.5 Å². The SMILES string of the molecule is CCSC(SCC)[C@H](OCc1ccccc1)[C@@H](C)[C@@H](O)[C@H](OCc1ccc(OC)cc1)C(=O)N1C(=O)OC[C@H]1Cc1ccccc1. The highest BCUT2D eigenvalue weighted by Gasteiger charge is 2.46. The van der Waals surface area contributed by atoms with Crippen LogP contribution in [0, 0.1) is 5.92 Å². The van der Waals surface area contributed by atoms with E-state index < -0.39 is 42.3 Å². The molecule has 46 heavy (non-hydrogen) atoms. The second kappa shape index (κ2) is 18.4. The molecule has 3 aromatic carbocycles. The quantitative estimate of drug-likeness (QED) is 0.151. The minimum Gasteiger partial charge on any atom is -0.497 e. The molecule has 0 aliphatic carbocycles. The standard InChI is InChI=1S/C36H45NO7S2/c1-5-45-35(46-6-2)32(42-22-27-15-11-8-12-16-27)25(3)31(38)33(43-23-28-17-19-30(41-4)20-18-28)34(39)37-29(24-44-36(37)40)21-26-13-9-7-10-14-26/h7-20,25,29,31-33,35,38H,5-6,21-24H2,1-4H3/t25-,29+,31+,32+,33-/m0/s1. The normalized spacial score (nSPS) is 17.4. The van der Waals surface area contributed by atoms with Crippen LogP contribution in [0.25, 0.3) is 0 Å². The van der Waals surface area contributed by atoms with Gasteiger partial charge in [0.25, 0.3) is 5.91 Å². The number of amides is 2. The third-order valence-electron chi connectivity index (χ3n) is 7.93. The number of imide groups is 1. The van der Waals surface area contributed by atoms with Gasteiger partial charge >= 0.3 is 6.09 Å². The molecule has 1 aliphatic heterocycles. The molecule has 1 heterocycles. The van der Waals surface area contributed by atoms with Gasteiger partial charge in [-0.3, -0.25) is 4.79 Å². The second-order valence-electron chi connectivity index (χ2n) is 11.1. The van der Waals surface area contributed by atoms with Crippen LogP contribution >= 0.6 is 23.5 Å². The van der Waals surface area contributed by atoms with Crippen molar-refractivity contribution in [3.05, 3.63) is 102 Å². The molecule has 3 aromatic rings. The van der Waals surface area contributed by atoms with Crippen LogP contribution in [-0.2, 0) is 38.6 Å². The van der Waals surface area contributed by atoms with E-state index in [2.05, 4.69) is 13.8 Å². The Morgan fingerprint density at radius 3 is 2.04 bits per heavy atom. The van der Waals surface area contributed by atoms with Crippen LogP contribution in [0.5, 0.6) is 5.75 Å². The molecule has 0 spiro atoms. The highest BCUT2D eigenvalue weighted by molar-refractivity contribution is 8.17. The summed E-state index contributed by atoms with van der Waals surface area (Å²) >= 11 is 3.51. The maximum absolute atomic E-state index is 14.3. The monoisotopic (exact) mass is 667 g/mol. The number of methoxy groups -OCH3 is 1. The Kier molecular flexibility index (Phi) is 14.3. The molecular formula is C36H45NO7S2. The van der Waals surface area contributed by atoms with E-state index in [4.69, 9.17) is 18.9 Å². The van der Waals surface area contributed by atoms with Gasteiger partial charge in [-0.25, -0.2) is 9.69 Å². The van der Waals surface area contributed by atoms with E-state index in [0.29, 0.717) is 18.8 Å². The van der Waals surface area contributed by atoms with E-state index in [9.17, 15) is 14.7 Å². The summed E-state index contributed by atoms with van der Waals surface area (Å²) in [4.78, 5) is 28.5. The lowest BCUT2D eigenvalue weighted by atomic mass is 9.93. The van der Waals surface area contributed by atoms with E-state index in [1.165, 1.54) is 0 Å². The highest BCUT2D eigenvalue weighted by Crippen LogP contribution is 2.35. The number of aliphatic hydroxyl groups is 1. The number of thioether (sulfide) groups is 2. The van der Waals surface area contributed by atoms with Crippen LogP contribution in [0.2, 0.25) is 0 Å². The molecule has 2 amide bonds. The number of carbonyl (C=O) groups excluding carboxylic acids is 2. The van der Waals surface area contributed by atoms with Gasteiger partial charge in [0.2, 0.25) is 0 Å². The first-order chi connectivity index (χ1) is 22.4. The molecule has 0 unspecified atom stereocenters. The molecule has 4 rings (SSSR count). The van der Waals surface area contributed by atoms with E-state index in [0.717, 1.165) is 33.1 Å². The van der Waals surface area contributed by atoms with Gasteiger partial charge in [0.1, 0.15) is 12.4 Å². The van der Waals surface area contributed by atoms with Gasteiger partial charge in [0, 0.05) is 5.92 Å². The fourth-order valence-electron chi connectivity index (χ4n) is 5.41. The number of hydrogen-bond acceptors (Lipinski definition) is 9. The minimum absolute atomic E-state index is 0.00304. The molecule has 0 radical (unpaired) electrons. The third kappa shape index (κ3) is 9.75. The fraction of sp³-hybridized carbons (Fsp3) is 0.444. The average molecular weight is 668 g/mol. The zero-order chi connectivity index (χ0) is 32.9. The predicted molar refractivity (Wildman–Crippen MR) is 184 cm³/mol. The smallest absolute Gasteiger partial charge is 0.417 e. The summed E-state index contributed by atoms with van der Waals surface area (Å²) in [6, 6.07) is 26.3. The molecular weight excluding hydrogens is 623 g/mol. The first-order valence-corrected chi connectivity index (χ1v) is 17.8. The lowest BCUT2D eigenvalue weighted by molar-refractivity contribution is -0.158. The minimum atomic E-state index is -1.34. The van der Waals surface area contributed by atoms with Crippen LogP contribution in [0.15, 0.2) is 84.9 Å². The van der Waals surface area contributed by atoms with Crippen molar-refractivity contribution in [1.82, 2.24) is 4.90 Å². The zero-order valence-corrected chi connectivity index (χ0v) is 28.6. The Balaban J connectivity index is 1.62. The average Bonchev–Trinajstić information content (AvgIpc) is 3.45. The van der Waals surface area contributed by atoms with Gasteiger partial charge in [0.15, 0.2) is 6.10 Å². The molecule has 0 saturated carbocycles. The maximum Gasteiger partial charge on any atom is 0.417 e. The van der Waals surface area contributed by atoms with Crippen molar-refractivity contribution < 1.29 is 33.6 Å². The van der Waals surface area contributed by atoms with Crippen molar-refractivity contribution in [3.63, 3.8) is 0 Å². The maximum atomic E-state index is 14.3. The largest absolute Gasteiger partial charge is 0.497 e. The molecule has 0 bridgehead atoms. The van der Waals surface area contributed by atoms with Crippen molar-refractivity contribution in [2.24, 2.45) is 5.92 Å². The molecule has 0 aromatic heterocycles. The predicted octanol–water partition coefficient (Wildman–Crippen LogP) is 6.59. The van der Waals surface area contributed by atoms with E-state index in [-0.39, 0.29) is 17.8 Å². The van der Waals surface area contributed by atoms with Crippen LogP contribution in [0.1, 0.15) is 37.5 Å². The van der Waals surface area contributed by atoms with E-state index >= 15 is 0 Å². The topological polar surface area (TPSA) is 94.5 Å². The summed E-state index contributed by atoms with van der Waals surface area (Å²) in [5.41, 5.74) is 2.78. The molecule has 1 N–H and O–H groups in total. The van der Waals surface area contributed by atoms with Crippen molar-refractivity contribution in [3.8, 4) is 5.75 Å². The van der Waals surface area contributed by atoms with Crippen LogP contribution in [0.4, 0.5) is 4.79 Å². The first kappa shape index (κ1) is 35.8. The molecule has 10 heteroatoms. The highest BCUT2D eigenvalue weighted by atomic mass is 32.2. The molecule has 1 saturated heterocycles. The Morgan fingerprint density at radius 1 is 0.891 bits per heavy atom. The molecule has 5 atom stereocenters. The summed E-state index contributed by atoms with van der Waals surface area (Å²) in [5.74, 6) is 1.27. The third-order valence-corrected chi connectivity index (χ3v) is 10.6. The van der Waals surface area contributed by atoms with E-state index in [1.54, 1.807) is 30.6 Å². The van der Waals surface area contributed by atoms with Crippen molar-refractivity contribution in [1.29, 1.82) is 0 Å².